The SMILES string of the molecule is CC(C)N1CCC(NC(=O)C23CC4CC(CC(C4)C2)C3)CC1. The molecule has 4 bridgehead atoms. The molecule has 1 amide bonds. The van der Waals surface area contributed by atoms with E-state index in [1.54, 1.807) is 0 Å². The summed E-state index contributed by atoms with van der Waals surface area (Å²) in [4.78, 5) is 15.6. The maximum absolute atomic E-state index is 13.1. The van der Waals surface area contributed by atoms with Crippen LogP contribution in [-0.2, 0) is 4.79 Å². The van der Waals surface area contributed by atoms with Gasteiger partial charge in [-0.15, -0.1) is 0 Å². The third kappa shape index (κ3) is 2.60. The predicted octanol–water partition coefficient (Wildman–Crippen LogP) is 3.19. The van der Waals surface area contributed by atoms with Gasteiger partial charge < -0.3 is 10.2 Å². The van der Waals surface area contributed by atoms with Crippen LogP contribution >= 0.6 is 0 Å². The molecular weight excluding hydrogens is 272 g/mol. The fourth-order valence-electron chi connectivity index (χ4n) is 6.29. The summed E-state index contributed by atoms with van der Waals surface area (Å²) in [6.45, 7) is 6.83. The molecule has 0 aromatic heterocycles. The number of hydrogen-bond acceptors (Lipinski definition) is 2. The van der Waals surface area contributed by atoms with Crippen molar-refractivity contribution in [2.45, 2.75) is 77.3 Å². The fraction of sp³-hybridized carbons (Fsp3) is 0.947. The lowest BCUT2D eigenvalue weighted by Gasteiger charge is -2.56. The van der Waals surface area contributed by atoms with E-state index in [0.717, 1.165) is 43.7 Å². The van der Waals surface area contributed by atoms with Crippen LogP contribution in [0.15, 0.2) is 0 Å². The average Bonchev–Trinajstić information content (AvgIpc) is 2.46. The van der Waals surface area contributed by atoms with Gasteiger partial charge in [0.1, 0.15) is 0 Å². The number of nitrogens with one attached hydrogen (secondary N) is 1. The molecule has 124 valence electrons. The van der Waals surface area contributed by atoms with Crippen LogP contribution in [0.25, 0.3) is 0 Å². The highest BCUT2D eigenvalue weighted by atomic mass is 16.2. The average molecular weight is 304 g/mol. The second-order valence-corrected chi connectivity index (χ2v) is 9.08. The molecule has 3 heteroatoms. The highest BCUT2D eigenvalue weighted by Crippen LogP contribution is 2.60. The highest BCUT2D eigenvalue weighted by molar-refractivity contribution is 5.83. The summed E-state index contributed by atoms with van der Waals surface area (Å²) in [6.07, 6.45) is 10.1. The lowest BCUT2D eigenvalue weighted by Crippen LogP contribution is -2.56. The standard InChI is InChI=1S/C19H32N2O/c1-13(2)21-5-3-17(4-6-21)20-18(22)19-10-14-7-15(11-19)9-16(8-14)12-19/h13-17H,3-12H2,1-2H3,(H,20,22). The second-order valence-electron chi connectivity index (χ2n) is 9.08. The van der Waals surface area contributed by atoms with Gasteiger partial charge in [-0.25, -0.2) is 0 Å². The molecule has 0 atom stereocenters. The molecule has 1 aliphatic heterocycles. The minimum atomic E-state index is 0.0317. The molecule has 1 N–H and O–H groups in total. The molecular formula is C19H32N2O. The van der Waals surface area contributed by atoms with E-state index < -0.39 is 0 Å². The summed E-state index contributed by atoms with van der Waals surface area (Å²) in [5, 5.41) is 3.47. The van der Waals surface area contributed by atoms with Gasteiger partial charge in [-0.1, -0.05) is 0 Å². The Kier molecular flexibility index (Phi) is 3.75. The molecule has 5 aliphatic rings. The van der Waals surface area contributed by atoms with Crippen molar-refractivity contribution >= 4 is 5.91 Å². The topological polar surface area (TPSA) is 32.3 Å². The zero-order valence-electron chi connectivity index (χ0n) is 14.3. The van der Waals surface area contributed by atoms with Gasteiger partial charge in [-0.05, 0) is 83.0 Å². The molecule has 4 aliphatic carbocycles. The van der Waals surface area contributed by atoms with E-state index in [1.165, 1.54) is 38.5 Å². The van der Waals surface area contributed by atoms with Gasteiger partial charge in [0, 0.05) is 30.6 Å². The molecule has 1 saturated heterocycles. The fourth-order valence-corrected chi connectivity index (χ4v) is 6.29. The van der Waals surface area contributed by atoms with Crippen LogP contribution in [-0.4, -0.2) is 36.0 Å². The Hall–Kier alpha value is -0.570. The van der Waals surface area contributed by atoms with Gasteiger partial charge in [0.2, 0.25) is 5.91 Å². The van der Waals surface area contributed by atoms with Gasteiger partial charge >= 0.3 is 0 Å². The van der Waals surface area contributed by atoms with E-state index in [9.17, 15) is 4.79 Å². The number of amides is 1. The van der Waals surface area contributed by atoms with Crippen LogP contribution in [0.1, 0.15) is 65.2 Å². The first-order valence-corrected chi connectivity index (χ1v) is 9.59. The minimum Gasteiger partial charge on any atom is -0.353 e. The quantitative estimate of drug-likeness (QED) is 0.868. The van der Waals surface area contributed by atoms with Gasteiger partial charge in [0.25, 0.3) is 0 Å². The predicted molar refractivity (Wildman–Crippen MR) is 88.5 cm³/mol. The van der Waals surface area contributed by atoms with Gasteiger partial charge in [0.15, 0.2) is 0 Å². The number of carbonyl (C=O) groups excluding carboxylic acids is 1. The Morgan fingerprint density at radius 2 is 1.50 bits per heavy atom. The van der Waals surface area contributed by atoms with E-state index in [4.69, 9.17) is 0 Å². The van der Waals surface area contributed by atoms with Crippen molar-refractivity contribution in [1.82, 2.24) is 10.2 Å². The first-order valence-electron chi connectivity index (χ1n) is 9.59. The summed E-state index contributed by atoms with van der Waals surface area (Å²) in [7, 11) is 0. The van der Waals surface area contributed by atoms with Crippen LogP contribution in [0.4, 0.5) is 0 Å². The van der Waals surface area contributed by atoms with Crippen molar-refractivity contribution in [3.05, 3.63) is 0 Å². The van der Waals surface area contributed by atoms with E-state index in [2.05, 4.69) is 24.1 Å². The van der Waals surface area contributed by atoms with Crippen LogP contribution < -0.4 is 5.32 Å². The van der Waals surface area contributed by atoms with Crippen molar-refractivity contribution in [2.75, 3.05) is 13.1 Å². The summed E-state index contributed by atoms with van der Waals surface area (Å²) >= 11 is 0. The molecule has 0 aromatic carbocycles. The van der Waals surface area contributed by atoms with E-state index in [1.807, 2.05) is 0 Å². The molecule has 4 saturated carbocycles. The summed E-state index contributed by atoms with van der Waals surface area (Å²) < 4.78 is 0. The first-order chi connectivity index (χ1) is 10.5. The Bertz CT molecular complexity index is 401. The molecule has 0 spiro atoms. The Balaban J connectivity index is 1.37. The van der Waals surface area contributed by atoms with E-state index in [-0.39, 0.29) is 5.41 Å². The van der Waals surface area contributed by atoms with Gasteiger partial charge in [-0.3, -0.25) is 4.79 Å². The number of carbonyl (C=O) groups is 1. The largest absolute Gasteiger partial charge is 0.353 e. The second kappa shape index (κ2) is 5.51. The maximum Gasteiger partial charge on any atom is 0.226 e. The van der Waals surface area contributed by atoms with Crippen LogP contribution in [0.2, 0.25) is 0 Å². The number of piperidine rings is 1. The molecule has 0 radical (unpaired) electrons. The zero-order valence-corrected chi connectivity index (χ0v) is 14.3. The van der Waals surface area contributed by atoms with Crippen molar-refractivity contribution in [2.24, 2.45) is 23.2 Å². The molecule has 1 heterocycles. The third-order valence-electron chi connectivity index (χ3n) is 7.11. The normalized spacial score (nSPS) is 42.0. The highest BCUT2D eigenvalue weighted by Gasteiger charge is 2.54. The maximum atomic E-state index is 13.1. The molecule has 0 aromatic rings. The lowest BCUT2D eigenvalue weighted by atomic mass is 9.49. The summed E-state index contributed by atoms with van der Waals surface area (Å²) in [5.41, 5.74) is 0.0317. The number of rotatable bonds is 3. The number of likely N-dealkylation sites (tertiary alicyclic amines) is 1. The van der Waals surface area contributed by atoms with Crippen LogP contribution in [0.3, 0.4) is 0 Å². The molecule has 5 rings (SSSR count). The van der Waals surface area contributed by atoms with Crippen molar-refractivity contribution < 1.29 is 4.79 Å². The summed E-state index contributed by atoms with van der Waals surface area (Å²) in [5.74, 6) is 3.01. The number of nitrogens with zero attached hydrogens (tertiary/aromatic N) is 1. The molecule has 5 fully saturated rings. The van der Waals surface area contributed by atoms with Gasteiger partial charge in [-0.2, -0.15) is 0 Å². The van der Waals surface area contributed by atoms with E-state index >= 15 is 0 Å². The smallest absolute Gasteiger partial charge is 0.226 e. The number of hydrogen-bond donors (Lipinski definition) is 1. The Morgan fingerprint density at radius 1 is 1.00 bits per heavy atom. The van der Waals surface area contributed by atoms with Gasteiger partial charge in [0.05, 0.1) is 0 Å². The first kappa shape index (κ1) is 15.0. The van der Waals surface area contributed by atoms with Crippen molar-refractivity contribution in [3.8, 4) is 0 Å². The monoisotopic (exact) mass is 304 g/mol. The Morgan fingerprint density at radius 3 is 1.95 bits per heavy atom. The lowest BCUT2D eigenvalue weighted by molar-refractivity contribution is -0.147. The van der Waals surface area contributed by atoms with Crippen molar-refractivity contribution in [1.29, 1.82) is 0 Å². The molecule has 22 heavy (non-hydrogen) atoms. The Labute approximate surface area is 135 Å². The molecule has 0 unspecified atom stereocenters. The van der Waals surface area contributed by atoms with E-state index in [0.29, 0.717) is 18.0 Å². The van der Waals surface area contributed by atoms with Crippen LogP contribution in [0, 0.1) is 23.2 Å². The van der Waals surface area contributed by atoms with Crippen molar-refractivity contribution in [3.63, 3.8) is 0 Å². The van der Waals surface area contributed by atoms with Crippen LogP contribution in [0.5, 0.6) is 0 Å². The molecule has 3 nitrogen and oxygen atoms in total. The summed E-state index contributed by atoms with van der Waals surface area (Å²) in [6, 6.07) is 1.07. The third-order valence-corrected chi connectivity index (χ3v) is 7.11. The zero-order chi connectivity index (χ0) is 15.3. The minimum absolute atomic E-state index is 0.0317.